The Labute approximate surface area is 266 Å². The number of allylic oxidation sites excluding steroid dienone is 16. The van der Waals surface area contributed by atoms with Crippen LogP contribution in [0.4, 0.5) is 0 Å². The van der Waals surface area contributed by atoms with Crippen molar-refractivity contribution in [2.75, 3.05) is 0 Å². The van der Waals surface area contributed by atoms with E-state index in [1.54, 1.807) is 19.9 Å². The van der Waals surface area contributed by atoms with E-state index < -0.39 is 11.0 Å². The average molecular weight is 597 g/mol. The summed E-state index contributed by atoms with van der Waals surface area (Å²) in [6.45, 7) is 19.5. The molecule has 2 aliphatic carbocycles. The van der Waals surface area contributed by atoms with Gasteiger partial charge in [-0.3, -0.25) is 9.59 Å². The molecule has 2 atom stereocenters. The second kappa shape index (κ2) is 15.5. The second-order valence-electron chi connectivity index (χ2n) is 13.8. The zero-order chi connectivity index (χ0) is 33.3. The molecule has 0 aromatic carbocycles. The number of rotatable bonds is 9. The quantitative estimate of drug-likeness (QED) is 0.159. The minimum absolute atomic E-state index is 0.0161. The van der Waals surface area contributed by atoms with Crippen molar-refractivity contribution >= 4 is 11.6 Å². The molecule has 44 heavy (non-hydrogen) atoms. The molecular weight excluding hydrogens is 544 g/mol. The second-order valence-corrected chi connectivity index (χ2v) is 13.8. The summed E-state index contributed by atoms with van der Waals surface area (Å²) in [6.07, 6.45) is 22.4. The van der Waals surface area contributed by atoms with Gasteiger partial charge >= 0.3 is 0 Å². The summed E-state index contributed by atoms with van der Waals surface area (Å²) in [5, 5.41) is 21.4. The third-order valence-corrected chi connectivity index (χ3v) is 8.64. The van der Waals surface area contributed by atoms with Crippen LogP contribution in [-0.2, 0) is 9.59 Å². The topological polar surface area (TPSA) is 74.6 Å². The van der Waals surface area contributed by atoms with E-state index in [0.29, 0.717) is 17.6 Å². The van der Waals surface area contributed by atoms with E-state index >= 15 is 0 Å². The number of aliphatic hydroxyl groups is 2. The lowest BCUT2D eigenvalue weighted by Gasteiger charge is -2.45. The molecule has 0 bridgehead atoms. The van der Waals surface area contributed by atoms with Crippen molar-refractivity contribution in [2.45, 2.75) is 107 Å². The Hall–Kier alpha value is -3.52. The van der Waals surface area contributed by atoms with Gasteiger partial charge < -0.3 is 10.2 Å². The molecule has 2 rings (SSSR count). The molecule has 0 amide bonds. The summed E-state index contributed by atoms with van der Waals surface area (Å²) < 4.78 is 0. The number of ketones is 2. The van der Waals surface area contributed by atoms with Crippen molar-refractivity contribution in [3.05, 3.63) is 106 Å². The van der Waals surface area contributed by atoms with Crippen LogP contribution in [0.2, 0.25) is 0 Å². The first-order chi connectivity index (χ1) is 20.4. The standard InChI is InChI=1S/C40H52O4/c1-28(17-13-18-30(3)21-22-36-32(5)23-34(41)25-38(36,7)8)15-11-12-16-29(2)19-14-20-31(4)37(43)27-40(44)33(6)24-35(42)26-39(40,9)10/h11-20,24,34,41,44H,23,25-27H2,1-10H3/b12-11+,17-13+,19-14+,28-15+,29-16+,30-18+,31-20+. The van der Waals surface area contributed by atoms with Crippen LogP contribution in [0.1, 0.15) is 94.9 Å². The molecule has 4 heteroatoms. The van der Waals surface area contributed by atoms with Crippen LogP contribution in [-0.4, -0.2) is 33.5 Å². The van der Waals surface area contributed by atoms with E-state index in [1.807, 2.05) is 89.3 Å². The minimum Gasteiger partial charge on any atom is -0.393 e. The molecule has 2 N–H and O–H groups in total. The van der Waals surface area contributed by atoms with E-state index in [1.165, 1.54) is 11.6 Å². The van der Waals surface area contributed by atoms with Gasteiger partial charge in [-0.05, 0) is 77.2 Å². The van der Waals surface area contributed by atoms with Gasteiger partial charge in [0.15, 0.2) is 11.6 Å². The normalized spacial score (nSPS) is 25.1. The zero-order valence-electron chi connectivity index (χ0n) is 28.5. The summed E-state index contributed by atoms with van der Waals surface area (Å²) in [5.41, 5.74) is 4.41. The molecule has 0 saturated heterocycles. The fourth-order valence-electron chi connectivity index (χ4n) is 5.86. The van der Waals surface area contributed by atoms with Crippen molar-refractivity contribution in [3.63, 3.8) is 0 Å². The van der Waals surface area contributed by atoms with Gasteiger partial charge in [-0.2, -0.15) is 0 Å². The Morgan fingerprint density at radius 3 is 2.05 bits per heavy atom. The van der Waals surface area contributed by atoms with Gasteiger partial charge in [0.05, 0.1) is 11.7 Å². The molecule has 0 saturated carbocycles. The molecule has 0 aromatic heterocycles. The van der Waals surface area contributed by atoms with Crippen molar-refractivity contribution in [2.24, 2.45) is 10.8 Å². The third-order valence-electron chi connectivity index (χ3n) is 8.64. The zero-order valence-corrected chi connectivity index (χ0v) is 28.5. The summed E-state index contributed by atoms with van der Waals surface area (Å²) in [7, 11) is 0. The summed E-state index contributed by atoms with van der Waals surface area (Å²) >= 11 is 0. The van der Waals surface area contributed by atoms with Crippen LogP contribution in [0.15, 0.2) is 106 Å². The van der Waals surface area contributed by atoms with E-state index in [4.69, 9.17) is 0 Å². The maximum Gasteiger partial charge on any atom is 0.161 e. The van der Waals surface area contributed by atoms with Crippen LogP contribution < -0.4 is 0 Å². The Bertz CT molecular complexity index is 1460. The molecule has 0 radical (unpaired) electrons. The van der Waals surface area contributed by atoms with Gasteiger partial charge in [0.1, 0.15) is 0 Å². The number of hydrogen-bond acceptors (Lipinski definition) is 4. The Morgan fingerprint density at radius 2 is 1.50 bits per heavy atom. The summed E-state index contributed by atoms with van der Waals surface area (Å²) in [4.78, 5) is 24.9. The van der Waals surface area contributed by atoms with Gasteiger partial charge in [0, 0.05) is 29.2 Å². The fourth-order valence-corrected chi connectivity index (χ4v) is 5.86. The van der Waals surface area contributed by atoms with Crippen molar-refractivity contribution in [3.8, 4) is 11.8 Å². The van der Waals surface area contributed by atoms with E-state index in [-0.39, 0.29) is 35.9 Å². The maximum absolute atomic E-state index is 12.9. The molecule has 2 unspecified atom stereocenters. The van der Waals surface area contributed by atoms with Crippen LogP contribution in [0.25, 0.3) is 0 Å². The molecule has 0 aromatic rings. The monoisotopic (exact) mass is 596 g/mol. The SMILES string of the molecule is CC1=CC(=O)CC(C)(C)C1(O)CC(=O)/C(C)=C/C=C/C(C)=C/C=C/C=C(C)/C=C/C=C(\C)C#CC1=C(C)CC(O)CC1(C)C. The van der Waals surface area contributed by atoms with Gasteiger partial charge in [-0.1, -0.05) is 117 Å². The predicted octanol–water partition coefficient (Wildman–Crippen LogP) is 8.58. The number of Topliss-reactive ketones (excluding diaryl/α,β-unsaturated/α-hetero) is 1. The molecular formula is C40H52O4. The van der Waals surface area contributed by atoms with E-state index in [9.17, 15) is 19.8 Å². The van der Waals surface area contributed by atoms with Gasteiger partial charge in [-0.15, -0.1) is 0 Å². The number of aliphatic hydroxyl groups excluding tert-OH is 1. The van der Waals surface area contributed by atoms with Crippen molar-refractivity contribution in [1.82, 2.24) is 0 Å². The van der Waals surface area contributed by atoms with Crippen LogP contribution in [0.5, 0.6) is 0 Å². The molecule has 0 heterocycles. The maximum atomic E-state index is 12.9. The largest absolute Gasteiger partial charge is 0.393 e. The van der Waals surface area contributed by atoms with Gasteiger partial charge in [0.25, 0.3) is 0 Å². The minimum atomic E-state index is -1.34. The molecule has 0 aliphatic heterocycles. The third kappa shape index (κ3) is 10.3. The predicted molar refractivity (Wildman–Crippen MR) is 184 cm³/mol. The van der Waals surface area contributed by atoms with E-state index in [2.05, 4.69) is 32.6 Å². The lowest BCUT2D eigenvalue weighted by atomic mass is 9.62. The number of hydrogen-bond donors (Lipinski definition) is 2. The Kier molecular flexibility index (Phi) is 12.9. The lowest BCUT2D eigenvalue weighted by molar-refractivity contribution is -0.132. The Balaban J connectivity index is 1.95. The highest BCUT2D eigenvalue weighted by molar-refractivity contribution is 5.97. The molecule has 0 fully saturated rings. The fraction of sp³-hybridized carbons (Fsp3) is 0.450. The number of carbonyl (C=O) groups excluding carboxylic acids is 2. The van der Waals surface area contributed by atoms with E-state index in [0.717, 1.165) is 28.7 Å². The highest BCUT2D eigenvalue weighted by atomic mass is 16.3. The van der Waals surface area contributed by atoms with Crippen molar-refractivity contribution < 1.29 is 19.8 Å². The van der Waals surface area contributed by atoms with Crippen LogP contribution in [0.3, 0.4) is 0 Å². The first-order valence-corrected chi connectivity index (χ1v) is 15.5. The first-order valence-electron chi connectivity index (χ1n) is 15.5. The van der Waals surface area contributed by atoms with Gasteiger partial charge in [-0.25, -0.2) is 0 Å². The van der Waals surface area contributed by atoms with Gasteiger partial charge in [0.2, 0.25) is 0 Å². The summed E-state index contributed by atoms with van der Waals surface area (Å²) in [5.74, 6) is 6.48. The number of carbonyl (C=O) groups is 2. The highest BCUT2D eigenvalue weighted by Gasteiger charge is 2.49. The molecule has 2 aliphatic rings. The molecule has 4 nitrogen and oxygen atoms in total. The average Bonchev–Trinajstić information content (AvgIpc) is 2.88. The summed E-state index contributed by atoms with van der Waals surface area (Å²) in [6, 6.07) is 0. The lowest BCUT2D eigenvalue weighted by Crippen LogP contribution is -2.50. The Morgan fingerprint density at radius 1 is 0.932 bits per heavy atom. The highest BCUT2D eigenvalue weighted by Crippen LogP contribution is 2.45. The molecule has 0 spiro atoms. The van der Waals surface area contributed by atoms with Crippen LogP contribution >= 0.6 is 0 Å². The van der Waals surface area contributed by atoms with Crippen molar-refractivity contribution in [1.29, 1.82) is 0 Å². The molecule has 236 valence electrons. The van der Waals surface area contributed by atoms with Crippen LogP contribution in [0, 0.1) is 22.7 Å². The first kappa shape index (κ1) is 36.7. The smallest absolute Gasteiger partial charge is 0.161 e.